The van der Waals surface area contributed by atoms with Crippen LogP contribution in [0.4, 0.5) is 0 Å². The van der Waals surface area contributed by atoms with E-state index < -0.39 is 0 Å². The zero-order chi connectivity index (χ0) is 10.8. The molecule has 0 saturated heterocycles. The Bertz CT molecular complexity index is 572. The molecule has 0 aromatic carbocycles. The molecule has 3 rings (SSSR count). The summed E-state index contributed by atoms with van der Waals surface area (Å²) in [7, 11) is 0. The van der Waals surface area contributed by atoms with Gasteiger partial charge in [0.05, 0.1) is 0 Å². The number of hydrogen-bond donors (Lipinski definition) is 0. The summed E-state index contributed by atoms with van der Waals surface area (Å²) in [6.45, 7) is 0. The Morgan fingerprint density at radius 1 is 1.19 bits per heavy atom. The maximum atomic E-state index is 4.55. The van der Waals surface area contributed by atoms with Crippen LogP contribution in [0.5, 0.6) is 0 Å². The van der Waals surface area contributed by atoms with Gasteiger partial charge in [-0.05, 0) is 0 Å². The molecule has 0 amide bonds. The molecule has 16 heavy (non-hydrogen) atoms. The van der Waals surface area contributed by atoms with Crippen LogP contribution in [-0.2, 0) is 0 Å². The van der Waals surface area contributed by atoms with Gasteiger partial charge in [0.25, 0.3) is 0 Å². The van der Waals surface area contributed by atoms with Crippen LogP contribution in [0.3, 0.4) is 0 Å². The molecule has 3 heterocycles. The van der Waals surface area contributed by atoms with Crippen molar-refractivity contribution >= 4 is 11.1 Å². The Morgan fingerprint density at radius 3 is 3.12 bits per heavy atom. The summed E-state index contributed by atoms with van der Waals surface area (Å²) in [5.74, 6) is 0. The van der Waals surface area contributed by atoms with Crippen molar-refractivity contribution in [3.8, 4) is 0 Å². The van der Waals surface area contributed by atoms with E-state index in [1.807, 2.05) is 22.8 Å². The van der Waals surface area contributed by atoms with Crippen LogP contribution in [0.15, 0.2) is 56.9 Å². The second-order valence-corrected chi connectivity index (χ2v) is 5.62. The predicted octanol–water partition coefficient (Wildman–Crippen LogP) is -0.152. The number of halogens is 1. The van der Waals surface area contributed by atoms with E-state index in [2.05, 4.69) is 43.6 Å². The Kier molecular flexibility index (Phi) is 2.61. The summed E-state index contributed by atoms with van der Waals surface area (Å²) < 4.78 is 6.42. The van der Waals surface area contributed by atoms with E-state index in [1.54, 1.807) is 0 Å². The number of hydrogen-bond acceptors (Lipinski definition) is 1. The van der Waals surface area contributed by atoms with Crippen molar-refractivity contribution in [1.29, 1.82) is 0 Å². The number of fused-ring (bicyclic) bond motifs is 1. The van der Waals surface area contributed by atoms with Crippen molar-refractivity contribution in [2.45, 2.75) is 0 Å². The van der Waals surface area contributed by atoms with E-state index in [0.717, 1.165) is 11.2 Å². The number of allylic oxidation sites excluding steroid dienone is 4. The molecule has 0 saturated carbocycles. The molecular weight excluding hydrogens is 311 g/mol. The molecule has 2 aromatic heterocycles. The predicted molar refractivity (Wildman–Crippen MR) is 61.4 cm³/mol. The molecule has 3 heteroatoms. The Hall–Kier alpha value is -1.36. The third-order valence-electron chi connectivity index (χ3n) is 2.40. The van der Waals surface area contributed by atoms with Crippen LogP contribution in [-0.4, -0.2) is 9.61 Å². The third-order valence-corrected chi connectivity index (χ3v) is 4.01. The van der Waals surface area contributed by atoms with E-state index >= 15 is 0 Å². The molecule has 0 unspecified atom stereocenters. The van der Waals surface area contributed by atoms with E-state index in [-0.39, 0.29) is 21.2 Å². The number of pyridine rings is 1. The summed E-state index contributed by atoms with van der Waals surface area (Å²) in [5.41, 5.74) is 3.37. The monoisotopic (exact) mass is 321 g/mol. The van der Waals surface area contributed by atoms with Crippen molar-refractivity contribution < 1.29 is 21.2 Å². The molecule has 0 radical (unpaired) electrons. The normalized spacial score (nSPS) is 15.6. The van der Waals surface area contributed by atoms with Crippen LogP contribution in [0, 0.1) is 0 Å². The second kappa shape index (κ2) is 4.25. The molecule has 2 aromatic rings. The average molecular weight is 321 g/mol. The molecular formula is C13H10IN2-. The van der Waals surface area contributed by atoms with Crippen molar-refractivity contribution in [1.82, 2.24) is 9.61 Å². The van der Waals surface area contributed by atoms with Gasteiger partial charge in [0.15, 0.2) is 0 Å². The molecule has 2 nitrogen and oxygen atoms in total. The average Bonchev–Trinajstić information content (AvgIpc) is 2.56. The molecule has 0 aliphatic carbocycles. The summed E-state index contributed by atoms with van der Waals surface area (Å²) in [4.78, 5) is 0. The molecule has 1 aliphatic rings. The van der Waals surface area contributed by atoms with Gasteiger partial charge in [-0.25, -0.2) is 0 Å². The topological polar surface area (TPSA) is 17.3 Å². The van der Waals surface area contributed by atoms with Gasteiger partial charge in [0.2, 0.25) is 0 Å². The van der Waals surface area contributed by atoms with Crippen molar-refractivity contribution in [3.05, 3.63) is 62.5 Å². The van der Waals surface area contributed by atoms with E-state index in [4.69, 9.17) is 0 Å². The SMILES string of the molecule is C1=C[I-]C=CC(c2cc3ccccn3n2)=C1. The van der Waals surface area contributed by atoms with Gasteiger partial charge in [-0.1, -0.05) is 0 Å². The van der Waals surface area contributed by atoms with Crippen LogP contribution in [0.2, 0.25) is 0 Å². The first kappa shape index (κ1) is 9.84. The van der Waals surface area contributed by atoms with Crippen LogP contribution >= 0.6 is 0 Å². The number of aromatic nitrogens is 2. The zero-order valence-corrected chi connectivity index (χ0v) is 10.7. The first-order valence-electron chi connectivity index (χ1n) is 5.04. The van der Waals surface area contributed by atoms with E-state index in [0.29, 0.717) is 0 Å². The first-order valence-corrected chi connectivity index (χ1v) is 7.53. The fourth-order valence-electron chi connectivity index (χ4n) is 1.63. The molecule has 0 spiro atoms. The van der Waals surface area contributed by atoms with Gasteiger partial charge in [-0.3, -0.25) is 0 Å². The standard InChI is InChI=1S/C13H10IN2/c1-2-9-16-12(5-1)10-13(15-16)11-4-3-7-14-8-6-11/h1-10H/q-1. The quantitative estimate of drug-likeness (QED) is 0.668. The van der Waals surface area contributed by atoms with Crippen LogP contribution < -0.4 is 21.2 Å². The second-order valence-electron chi connectivity index (χ2n) is 3.46. The van der Waals surface area contributed by atoms with Gasteiger partial charge < -0.3 is 0 Å². The molecule has 0 bridgehead atoms. The fourth-order valence-corrected chi connectivity index (χ4v) is 2.92. The van der Waals surface area contributed by atoms with Gasteiger partial charge in [0.1, 0.15) is 0 Å². The molecule has 0 atom stereocenters. The molecule has 0 N–H and O–H groups in total. The van der Waals surface area contributed by atoms with Crippen LogP contribution in [0.25, 0.3) is 11.1 Å². The fraction of sp³-hybridized carbons (Fsp3) is 0. The van der Waals surface area contributed by atoms with Crippen molar-refractivity contribution in [2.75, 3.05) is 0 Å². The van der Waals surface area contributed by atoms with E-state index in [1.165, 1.54) is 5.57 Å². The minimum atomic E-state index is 0.0960. The molecule has 0 fully saturated rings. The van der Waals surface area contributed by atoms with E-state index in [9.17, 15) is 0 Å². The van der Waals surface area contributed by atoms with Crippen LogP contribution in [0.1, 0.15) is 5.69 Å². The van der Waals surface area contributed by atoms with Crippen molar-refractivity contribution in [2.24, 2.45) is 0 Å². The summed E-state index contributed by atoms with van der Waals surface area (Å²) in [6.07, 6.45) is 8.41. The van der Waals surface area contributed by atoms with Gasteiger partial charge in [0, 0.05) is 0 Å². The summed E-state index contributed by atoms with van der Waals surface area (Å²) in [5, 5.41) is 4.55. The third kappa shape index (κ3) is 1.82. The zero-order valence-electron chi connectivity index (χ0n) is 8.55. The summed E-state index contributed by atoms with van der Waals surface area (Å²) in [6, 6.07) is 8.21. The Balaban J connectivity index is 2.12. The Morgan fingerprint density at radius 2 is 2.19 bits per heavy atom. The maximum absolute atomic E-state index is 4.55. The Labute approximate surface area is 104 Å². The number of rotatable bonds is 1. The molecule has 80 valence electrons. The summed E-state index contributed by atoms with van der Waals surface area (Å²) >= 11 is 0.0960. The van der Waals surface area contributed by atoms with Gasteiger partial charge in [-0.15, -0.1) is 0 Å². The minimum absolute atomic E-state index is 0.0960. The first-order chi connectivity index (χ1) is 7.93. The van der Waals surface area contributed by atoms with Gasteiger partial charge >= 0.3 is 104 Å². The molecule has 1 aliphatic heterocycles. The number of nitrogens with zero attached hydrogens (tertiary/aromatic N) is 2. The van der Waals surface area contributed by atoms with Gasteiger partial charge in [-0.2, -0.15) is 0 Å². The van der Waals surface area contributed by atoms with Crippen molar-refractivity contribution in [3.63, 3.8) is 0 Å².